The molecule has 0 heterocycles. The molecular weight excluding hydrogens is 247 g/mol. The van der Waals surface area contributed by atoms with E-state index in [1.54, 1.807) is 19.1 Å². The van der Waals surface area contributed by atoms with Crippen molar-refractivity contribution in [3.63, 3.8) is 0 Å². The first kappa shape index (κ1) is 14.5. The SMILES string of the molecule is CCOC(=O)c1ccccc1CN(C)C(F)(F)F. The van der Waals surface area contributed by atoms with E-state index in [0.29, 0.717) is 0 Å². The van der Waals surface area contributed by atoms with E-state index >= 15 is 0 Å². The quantitative estimate of drug-likeness (QED) is 0.616. The van der Waals surface area contributed by atoms with Gasteiger partial charge in [0.05, 0.1) is 12.2 Å². The fourth-order valence-corrected chi connectivity index (χ4v) is 1.41. The number of hydrogen-bond acceptors (Lipinski definition) is 3. The molecule has 1 rings (SSSR count). The van der Waals surface area contributed by atoms with Gasteiger partial charge in [0.2, 0.25) is 0 Å². The molecule has 0 spiro atoms. The summed E-state index contributed by atoms with van der Waals surface area (Å²) in [7, 11) is 0.932. The molecule has 1 aromatic carbocycles. The molecule has 100 valence electrons. The summed E-state index contributed by atoms with van der Waals surface area (Å²) in [5, 5.41) is 0. The first-order chi connectivity index (χ1) is 8.36. The molecule has 0 aliphatic rings. The second-order valence-corrected chi connectivity index (χ2v) is 3.70. The molecule has 6 heteroatoms. The minimum Gasteiger partial charge on any atom is -0.462 e. The third kappa shape index (κ3) is 3.73. The number of halogens is 3. The van der Waals surface area contributed by atoms with Gasteiger partial charge >= 0.3 is 12.3 Å². The van der Waals surface area contributed by atoms with Crippen molar-refractivity contribution in [3.05, 3.63) is 35.4 Å². The smallest absolute Gasteiger partial charge is 0.459 e. The van der Waals surface area contributed by atoms with Gasteiger partial charge in [0.25, 0.3) is 0 Å². The monoisotopic (exact) mass is 261 g/mol. The molecule has 0 atom stereocenters. The molecule has 1 aromatic rings. The molecule has 0 aliphatic carbocycles. The molecule has 0 saturated heterocycles. The van der Waals surface area contributed by atoms with Gasteiger partial charge in [-0.2, -0.15) is 13.2 Å². The van der Waals surface area contributed by atoms with Crippen molar-refractivity contribution in [3.8, 4) is 0 Å². The van der Waals surface area contributed by atoms with E-state index in [0.717, 1.165) is 7.05 Å². The molecule has 0 unspecified atom stereocenters. The number of rotatable bonds is 4. The number of alkyl halides is 3. The van der Waals surface area contributed by atoms with Gasteiger partial charge in [-0.3, -0.25) is 0 Å². The standard InChI is InChI=1S/C12H14F3NO2/c1-3-18-11(17)10-7-5-4-6-9(10)8-16(2)12(13,14)15/h4-7H,3,8H2,1-2H3. The number of hydrogen-bond donors (Lipinski definition) is 0. The highest BCUT2D eigenvalue weighted by atomic mass is 19.4. The van der Waals surface area contributed by atoms with Crippen LogP contribution in [-0.4, -0.2) is 30.8 Å². The Morgan fingerprint density at radius 1 is 1.33 bits per heavy atom. The lowest BCUT2D eigenvalue weighted by Gasteiger charge is -2.20. The summed E-state index contributed by atoms with van der Waals surface area (Å²) in [6, 6.07) is 6.11. The van der Waals surface area contributed by atoms with Crippen molar-refractivity contribution in [1.82, 2.24) is 4.90 Å². The molecule has 0 aromatic heterocycles. The fourth-order valence-electron chi connectivity index (χ4n) is 1.41. The second-order valence-electron chi connectivity index (χ2n) is 3.70. The third-order valence-electron chi connectivity index (χ3n) is 2.35. The van der Waals surface area contributed by atoms with E-state index in [-0.39, 0.29) is 22.6 Å². The normalized spacial score (nSPS) is 11.7. The van der Waals surface area contributed by atoms with E-state index in [1.165, 1.54) is 12.1 Å². The van der Waals surface area contributed by atoms with Gasteiger partial charge in [-0.05, 0) is 25.6 Å². The van der Waals surface area contributed by atoms with Crippen LogP contribution in [0.2, 0.25) is 0 Å². The van der Waals surface area contributed by atoms with Crippen molar-refractivity contribution in [1.29, 1.82) is 0 Å². The maximum Gasteiger partial charge on any atom is 0.459 e. The van der Waals surface area contributed by atoms with Crippen molar-refractivity contribution in [2.75, 3.05) is 13.7 Å². The first-order valence-corrected chi connectivity index (χ1v) is 5.39. The van der Waals surface area contributed by atoms with Crippen LogP contribution in [0.25, 0.3) is 0 Å². The minimum atomic E-state index is -4.43. The third-order valence-corrected chi connectivity index (χ3v) is 2.35. The molecule has 0 aliphatic heterocycles. The highest BCUT2D eigenvalue weighted by Crippen LogP contribution is 2.22. The average Bonchev–Trinajstić information content (AvgIpc) is 2.28. The van der Waals surface area contributed by atoms with Gasteiger partial charge in [-0.1, -0.05) is 18.2 Å². The summed E-state index contributed by atoms with van der Waals surface area (Å²) in [4.78, 5) is 11.8. The molecule has 3 nitrogen and oxygen atoms in total. The van der Waals surface area contributed by atoms with Crippen molar-refractivity contribution >= 4 is 5.97 Å². The zero-order chi connectivity index (χ0) is 13.8. The van der Waals surface area contributed by atoms with E-state index in [4.69, 9.17) is 4.74 Å². The lowest BCUT2D eigenvalue weighted by molar-refractivity contribution is -0.240. The van der Waals surface area contributed by atoms with Gasteiger partial charge in [-0.25, -0.2) is 9.69 Å². The largest absolute Gasteiger partial charge is 0.462 e. The average molecular weight is 261 g/mol. The first-order valence-electron chi connectivity index (χ1n) is 5.39. The molecule has 0 radical (unpaired) electrons. The van der Waals surface area contributed by atoms with Crippen molar-refractivity contribution in [2.24, 2.45) is 0 Å². The Kier molecular flexibility index (Phi) is 4.72. The lowest BCUT2D eigenvalue weighted by Crippen LogP contribution is -2.34. The van der Waals surface area contributed by atoms with Crippen molar-refractivity contribution in [2.45, 2.75) is 19.8 Å². The van der Waals surface area contributed by atoms with Gasteiger partial charge in [0.1, 0.15) is 0 Å². The van der Waals surface area contributed by atoms with E-state index in [2.05, 4.69) is 0 Å². The van der Waals surface area contributed by atoms with Crippen LogP contribution in [0, 0.1) is 0 Å². The summed E-state index contributed by atoms with van der Waals surface area (Å²) < 4.78 is 42.1. The molecule has 0 bridgehead atoms. The van der Waals surface area contributed by atoms with E-state index in [1.807, 2.05) is 0 Å². The van der Waals surface area contributed by atoms with Crippen LogP contribution in [0.15, 0.2) is 24.3 Å². The molecule has 18 heavy (non-hydrogen) atoms. The van der Waals surface area contributed by atoms with Gasteiger partial charge in [-0.15, -0.1) is 0 Å². The predicted molar refractivity (Wildman–Crippen MR) is 59.9 cm³/mol. The summed E-state index contributed by atoms with van der Waals surface area (Å²) in [6.45, 7) is 1.43. The summed E-state index contributed by atoms with van der Waals surface area (Å²) in [6.07, 6.45) is -4.43. The molecular formula is C12H14F3NO2. The maximum atomic E-state index is 12.4. The van der Waals surface area contributed by atoms with E-state index < -0.39 is 18.8 Å². The van der Waals surface area contributed by atoms with Crippen LogP contribution >= 0.6 is 0 Å². The molecule has 0 N–H and O–H groups in total. The van der Waals surface area contributed by atoms with Crippen LogP contribution in [0.5, 0.6) is 0 Å². The summed E-state index contributed by atoms with van der Waals surface area (Å²) in [5.41, 5.74) is 0.450. The Morgan fingerprint density at radius 3 is 2.50 bits per heavy atom. The van der Waals surface area contributed by atoms with E-state index in [9.17, 15) is 18.0 Å². The zero-order valence-corrected chi connectivity index (χ0v) is 10.1. The van der Waals surface area contributed by atoms with Crippen LogP contribution in [-0.2, 0) is 11.3 Å². The number of ether oxygens (including phenoxy) is 1. The van der Waals surface area contributed by atoms with Gasteiger partial charge in [0.15, 0.2) is 0 Å². The number of nitrogens with zero attached hydrogens (tertiary/aromatic N) is 1. The lowest BCUT2D eigenvalue weighted by atomic mass is 10.1. The van der Waals surface area contributed by atoms with Crippen LogP contribution < -0.4 is 0 Å². The molecule has 0 amide bonds. The highest BCUT2D eigenvalue weighted by molar-refractivity contribution is 5.91. The Balaban J connectivity index is 2.92. The second kappa shape index (κ2) is 5.86. The highest BCUT2D eigenvalue weighted by Gasteiger charge is 2.34. The molecule has 0 saturated carbocycles. The minimum absolute atomic E-state index is 0.162. The summed E-state index contributed by atoms with van der Waals surface area (Å²) in [5.74, 6) is -0.608. The Morgan fingerprint density at radius 2 is 1.94 bits per heavy atom. The number of carbonyl (C=O) groups excluding carboxylic acids is 1. The number of benzene rings is 1. The van der Waals surface area contributed by atoms with Crippen LogP contribution in [0.3, 0.4) is 0 Å². The fraction of sp³-hybridized carbons (Fsp3) is 0.417. The van der Waals surface area contributed by atoms with Crippen molar-refractivity contribution < 1.29 is 22.7 Å². The Labute approximate surface area is 103 Å². The number of esters is 1. The Hall–Kier alpha value is -1.56. The summed E-state index contributed by atoms with van der Waals surface area (Å²) >= 11 is 0. The maximum absolute atomic E-state index is 12.4. The number of carbonyl (C=O) groups is 1. The van der Waals surface area contributed by atoms with Gasteiger partial charge < -0.3 is 4.74 Å². The van der Waals surface area contributed by atoms with Crippen LogP contribution in [0.1, 0.15) is 22.8 Å². The predicted octanol–water partition coefficient (Wildman–Crippen LogP) is 2.81. The van der Waals surface area contributed by atoms with Gasteiger partial charge in [0, 0.05) is 6.54 Å². The zero-order valence-electron chi connectivity index (χ0n) is 10.1. The topological polar surface area (TPSA) is 29.5 Å². The van der Waals surface area contributed by atoms with Crippen LogP contribution in [0.4, 0.5) is 13.2 Å². The Bertz CT molecular complexity index is 418. The molecule has 0 fully saturated rings.